The number of rotatable bonds is 4. The number of thiazole rings is 1. The predicted octanol–water partition coefficient (Wildman–Crippen LogP) is 2.55. The van der Waals surface area contributed by atoms with Crippen LogP contribution >= 0.6 is 11.3 Å². The van der Waals surface area contributed by atoms with Crippen molar-refractivity contribution in [2.24, 2.45) is 5.92 Å². The number of hydrogen-bond acceptors (Lipinski definition) is 5. The first-order valence-corrected chi connectivity index (χ1v) is 9.56. The van der Waals surface area contributed by atoms with Gasteiger partial charge in [-0.3, -0.25) is 9.30 Å². The van der Waals surface area contributed by atoms with Gasteiger partial charge in [-0.15, -0.1) is 11.3 Å². The quantitative estimate of drug-likeness (QED) is 0.753. The minimum Gasteiger partial charge on any atom is -0.396 e. The second-order valence-electron chi connectivity index (χ2n) is 6.86. The number of aryl methyl sites for hydroxylation is 1. The number of benzene rings is 1. The Balaban J connectivity index is 1.65. The Bertz CT molecular complexity index is 855. The minimum absolute atomic E-state index is 0.000532. The van der Waals surface area contributed by atoms with Crippen molar-refractivity contribution in [3.05, 3.63) is 47.1 Å². The van der Waals surface area contributed by atoms with Crippen molar-refractivity contribution in [2.75, 3.05) is 19.7 Å². The number of imidazole rings is 1. The third-order valence-electron chi connectivity index (χ3n) is 5.10. The van der Waals surface area contributed by atoms with Crippen LogP contribution < -0.4 is 0 Å². The predicted molar refractivity (Wildman–Crippen MR) is 99.7 cm³/mol. The minimum atomic E-state index is -0.465. The first kappa shape index (κ1) is 16.7. The van der Waals surface area contributed by atoms with Gasteiger partial charge in [0.2, 0.25) is 0 Å². The zero-order valence-corrected chi connectivity index (χ0v) is 15.1. The van der Waals surface area contributed by atoms with Gasteiger partial charge in [0, 0.05) is 42.8 Å². The van der Waals surface area contributed by atoms with E-state index in [9.17, 15) is 10.2 Å². The maximum atomic E-state index is 10.2. The number of aliphatic hydroxyl groups excluding tert-OH is 2. The van der Waals surface area contributed by atoms with E-state index < -0.39 is 6.10 Å². The fourth-order valence-corrected chi connectivity index (χ4v) is 4.27. The summed E-state index contributed by atoms with van der Waals surface area (Å²) in [5, 5.41) is 21.6. The van der Waals surface area contributed by atoms with Crippen molar-refractivity contribution in [1.29, 1.82) is 0 Å². The van der Waals surface area contributed by atoms with Crippen LogP contribution in [0.25, 0.3) is 16.2 Å². The number of β-amino-alcohol motifs (C(OH)–C–C–N with tert-alkyl or cyclic N) is 1. The van der Waals surface area contributed by atoms with Gasteiger partial charge in [-0.2, -0.15) is 0 Å². The van der Waals surface area contributed by atoms with Gasteiger partial charge in [0.05, 0.1) is 17.5 Å². The second kappa shape index (κ2) is 6.88. The lowest BCUT2D eigenvalue weighted by Gasteiger charge is -2.35. The highest BCUT2D eigenvalue weighted by molar-refractivity contribution is 7.15. The van der Waals surface area contributed by atoms with E-state index in [-0.39, 0.29) is 12.5 Å². The SMILES string of the molecule is Cc1ccc(-c2nc3sccn3c2CN2CC[C@H](CO)[C@H](O)C2)cc1. The van der Waals surface area contributed by atoms with Gasteiger partial charge in [0.15, 0.2) is 4.96 Å². The molecule has 0 radical (unpaired) electrons. The zero-order chi connectivity index (χ0) is 17.4. The molecule has 1 fully saturated rings. The molecule has 0 amide bonds. The molecule has 132 valence electrons. The molecule has 1 saturated heterocycles. The molecule has 25 heavy (non-hydrogen) atoms. The molecule has 1 aliphatic rings. The van der Waals surface area contributed by atoms with Crippen LogP contribution in [0.1, 0.15) is 17.7 Å². The highest BCUT2D eigenvalue weighted by atomic mass is 32.1. The summed E-state index contributed by atoms with van der Waals surface area (Å²) in [6.07, 6.45) is 2.42. The van der Waals surface area contributed by atoms with Crippen LogP contribution in [0.15, 0.2) is 35.8 Å². The molecule has 0 spiro atoms. The van der Waals surface area contributed by atoms with E-state index in [1.165, 1.54) is 5.56 Å². The van der Waals surface area contributed by atoms with Gasteiger partial charge in [-0.25, -0.2) is 4.98 Å². The van der Waals surface area contributed by atoms with E-state index >= 15 is 0 Å². The Morgan fingerprint density at radius 2 is 2.08 bits per heavy atom. The molecule has 4 rings (SSSR count). The molecule has 2 atom stereocenters. The van der Waals surface area contributed by atoms with Crippen LogP contribution in [0, 0.1) is 12.8 Å². The number of aromatic nitrogens is 2. The summed E-state index contributed by atoms with van der Waals surface area (Å²) >= 11 is 1.64. The first-order chi connectivity index (χ1) is 12.2. The lowest BCUT2D eigenvalue weighted by atomic mass is 9.94. The molecule has 1 aromatic carbocycles. The molecule has 2 aromatic heterocycles. The van der Waals surface area contributed by atoms with Crippen molar-refractivity contribution < 1.29 is 10.2 Å². The molecule has 1 aliphatic heterocycles. The van der Waals surface area contributed by atoms with Crippen LogP contribution in [0.2, 0.25) is 0 Å². The van der Waals surface area contributed by atoms with E-state index in [1.807, 2.05) is 0 Å². The lowest BCUT2D eigenvalue weighted by Crippen LogP contribution is -2.44. The van der Waals surface area contributed by atoms with Crippen molar-refractivity contribution in [2.45, 2.75) is 26.0 Å². The summed E-state index contributed by atoms with van der Waals surface area (Å²) < 4.78 is 2.16. The Morgan fingerprint density at radius 1 is 1.28 bits per heavy atom. The monoisotopic (exact) mass is 357 g/mol. The van der Waals surface area contributed by atoms with Gasteiger partial charge in [-0.1, -0.05) is 29.8 Å². The van der Waals surface area contributed by atoms with Crippen LogP contribution in [0.3, 0.4) is 0 Å². The number of nitrogens with zero attached hydrogens (tertiary/aromatic N) is 3. The third kappa shape index (κ3) is 3.22. The molecule has 2 N–H and O–H groups in total. The molecule has 0 unspecified atom stereocenters. The second-order valence-corrected chi connectivity index (χ2v) is 7.74. The lowest BCUT2D eigenvalue weighted by molar-refractivity contribution is -0.00480. The molecule has 3 aromatic rings. The number of piperidine rings is 1. The van der Waals surface area contributed by atoms with Crippen LogP contribution in [-0.4, -0.2) is 50.3 Å². The smallest absolute Gasteiger partial charge is 0.194 e. The molecule has 5 nitrogen and oxygen atoms in total. The van der Waals surface area contributed by atoms with E-state index in [2.05, 4.69) is 52.1 Å². The third-order valence-corrected chi connectivity index (χ3v) is 5.86. The highest BCUT2D eigenvalue weighted by Gasteiger charge is 2.28. The molecular formula is C19H23N3O2S. The average Bonchev–Trinajstić information content (AvgIpc) is 3.19. The summed E-state index contributed by atoms with van der Waals surface area (Å²) in [6, 6.07) is 8.47. The van der Waals surface area contributed by atoms with E-state index in [0.29, 0.717) is 6.54 Å². The fraction of sp³-hybridized carbons (Fsp3) is 0.421. The van der Waals surface area contributed by atoms with Gasteiger partial charge >= 0.3 is 0 Å². The largest absolute Gasteiger partial charge is 0.396 e. The molecule has 0 bridgehead atoms. The number of likely N-dealkylation sites (tertiary alicyclic amines) is 1. The van der Waals surface area contributed by atoms with Gasteiger partial charge in [0.1, 0.15) is 0 Å². The Morgan fingerprint density at radius 3 is 2.80 bits per heavy atom. The van der Waals surface area contributed by atoms with Crippen LogP contribution in [0.5, 0.6) is 0 Å². The van der Waals surface area contributed by atoms with Crippen molar-refractivity contribution >= 4 is 16.3 Å². The number of fused-ring (bicyclic) bond motifs is 1. The first-order valence-electron chi connectivity index (χ1n) is 8.68. The summed E-state index contributed by atoms with van der Waals surface area (Å²) in [5.41, 5.74) is 4.54. The molecule has 0 saturated carbocycles. The summed E-state index contributed by atoms with van der Waals surface area (Å²) in [5.74, 6) is -0.000532. The summed E-state index contributed by atoms with van der Waals surface area (Å²) in [4.78, 5) is 8.10. The van der Waals surface area contributed by atoms with Crippen LogP contribution in [0.4, 0.5) is 0 Å². The zero-order valence-electron chi connectivity index (χ0n) is 14.3. The van der Waals surface area contributed by atoms with E-state index in [1.54, 1.807) is 11.3 Å². The maximum absolute atomic E-state index is 10.2. The topological polar surface area (TPSA) is 61.0 Å². The van der Waals surface area contributed by atoms with Crippen LogP contribution in [-0.2, 0) is 6.54 Å². The van der Waals surface area contributed by atoms with E-state index in [4.69, 9.17) is 4.98 Å². The summed E-state index contributed by atoms with van der Waals surface area (Å²) in [6.45, 7) is 4.37. The Hall–Kier alpha value is -1.73. The van der Waals surface area contributed by atoms with Crippen molar-refractivity contribution in [3.63, 3.8) is 0 Å². The average molecular weight is 357 g/mol. The normalized spacial score (nSPS) is 21.9. The number of hydrogen-bond donors (Lipinski definition) is 2. The van der Waals surface area contributed by atoms with Crippen molar-refractivity contribution in [3.8, 4) is 11.3 Å². The molecule has 3 heterocycles. The van der Waals surface area contributed by atoms with Gasteiger partial charge in [-0.05, 0) is 19.9 Å². The fourth-order valence-electron chi connectivity index (χ4n) is 3.54. The highest BCUT2D eigenvalue weighted by Crippen LogP contribution is 2.29. The maximum Gasteiger partial charge on any atom is 0.194 e. The number of aliphatic hydroxyl groups is 2. The van der Waals surface area contributed by atoms with Crippen molar-refractivity contribution in [1.82, 2.24) is 14.3 Å². The van der Waals surface area contributed by atoms with E-state index in [0.717, 1.165) is 41.4 Å². The molecule has 6 heteroatoms. The van der Waals surface area contributed by atoms with Gasteiger partial charge < -0.3 is 10.2 Å². The molecular weight excluding hydrogens is 334 g/mol. The Labute approximate surface area is 151 Å². The molecule has 0 aliphatic carbocycles. The Kier molecular flexibility index (Phi) is 4.60. The van der Waals surface area contributed by atoms with Gasteiger partial charge in [0.25, 0.3) is 0 Å². The standard InChI is InChI=1S/C19H23N3O2S/c1-13-2-4-14(5-3-13)18-16(22-8-9-25-19(22)20-18)10-21-7-6-15(12-23)17(24)11-21/h2-5,8-9,15,17,23-24H,6-7,10-12H2,1H3/t15-,17-/m1/s1. The summed E-state index contributed by atoms with van der Waals surface area (Å²) in [7, 11) is 0.